The second kappa shape index (κ2) is 7.37. The third-order valence-corrected chi connectivity index (χ3v) is 4.13. The lowest BCUT2D eigenvalue weighted by Gasteiger charge is -2.08. The third kappa shape index (κ3) is 3.84. The average molecular weight is 360 g/mol. The van der Waals surface area contributed by atoms with Crippen LogP contribution in [-0.4, -0.2) is 15.1 Å². The zero-order valence-corrected chi connectivity index (χ0v) is 14.7. The molecule has 0 atom stereocenters. The second-order valence-electron chi connectivity index (χ2n) is 6.17. The predicted octanol–water partition coefficient (Wildman–Crippen LogP) is 4.86. The van der Waals surface area contributed by atoms with Crippen molar-refractivity contribution in [2.75, 3.05) is 5.32 Å². The van der Waals surface area contributed by atoms with Crippen LogP contribution in [0, 0.1) is 12.7 Å². The van der Waals surface area contributed by atoms with Gasteiger partial charge in [-0.2, -0.15) is 4.98 Å². The molecule has 0 aliphatic heterocycles. The molecule has 0 aliphatic carbocycles. The molecule has 0 saturated carbocycles. The Morgan fingerprint density at radius 1 is 1.04 bits per heavy atom. The minimum Gasteiger partial charge on any atom is -0.365 e. The first-order valence-electron chi connectivity index (χ1n) is 8.53. The van der Waals surface area contributed by atoms with E-state index in [9.17, 15) is 4.39 Å². The molecule has 0 unspecified atom stereocenters. The van der Waals surface area contributed by atoms with Crippen LogP contribution in [0.5, 0.6) is 0 Å². The molecule has 1 N–H and O–H groups in total. The monoisotopic (exact) mass is 360 g/mol. The summed E-state index contributed by atoms with van der Waals surface area (Å²) in [5.41, 5.74) is 3.61. The Morgan fingerprint density at radius 3 is 2.70 bits per heavy atom. The van der Waals surface area contributed by atoms with Crippen LogP contribution < -0.4 is 5.32 Å². The number of rotatable bonds is 5. The highest BCUT2D eigenvalue weighted by atomic mass is 19.1. The number of aromatic nitrogens is 3. The van der Waals surface area contributed by atoms with Crippen molar-refractivity contribution in [2.45, 2.75) is 13.5 Å². The minimum absolute atomic E-state index is 0.328. The van der Waals surface area contributed by atoms with Crippen molar-refractivity contribution >= 4 is 5.82 Å². The van der Waals surface area contributed by atoms with E-state index in [2.05, 4.69) is 51.6 Å². The smallest absolute Gasteiger partial charge is 0.261 e. The van der Waals surface area contributed by atoms with Gasteiger partial charge in [-0.1, -0.05) is 47.1 Å². The summed E-state index contributed by atoms with van der Waals surface area (Å²) in [5.74, 6) is 0.958. The molecule has 2 heterocycles. The Kier molecular flexibility index (Phi) is 4.61. The predicted molar refractivity (Wildman–Crippen MR) is 101 cm³/mol. The van der Waals surface area contributed by atoms with Gasteiger partial charge in [-0.3, -0.25) is 0 Å². The summed E-state index contributed by atoms with van der Waals surface area (Å²) in [5, 5.41) is 7.27. The Bertz CT molecular complexity index is 1060. The number of nitrogens with one attached hydrogen (secondary N) is 1. The van der Waals surface area contributed by atoms with Crippen molar-refractivity contribution in [2.24, 2.45) is 0 Å². The van der Waals surface area contributed by atoms with Gasteiger partial charge in [0.15, 0.2) is 0 Å². The maximum Gasteiger partial charge on any atom is 0.261 e. The summed E-state index contributed by atoms with van der Waals surface area (Å²) in [7, 11) is 0. The van der Waals surface area contributed by atoms with E-state index < -0.39 is 0 Å². The van der Waals surface area contributed by atoms with E-state index in [1.807, 2.05) is 6.07 Å². The number of hydrogen-bond donors (Lipinski definition) is 1. The van der Waals surface area contributed by atoms with Crippen LogP contribution in [0.2, 0.25) is 0 Å². The third-order valence-electron chi connectivity index (χ3n) is 4.13. The molecule has 0 radical (unpaired) electrons. The standard InChI is InChI=1S/C21H17FN4O/c1-14-7-9-15(10-8-14)13-24-20-18(6-3-11-23-20)21-25-19(26-27-21)16-4-2-5-17(22)12-16/h2-12H,13H2,1H3,(H,23,24). The molecular weight excluding hydrogens is 343 g/mol. The molecule has 134 valence electrons. The fourth-order valence-electron chi connectivity index (χ4n) is 2.69. The Labute approximate surface area is 155 Å². The van der Waals surface area contributed by atoms with Crippen molar-refractivity contribution in [3.8, 4) is 22.8 Å². The molecule has 5 nitrogen and oxygen atoms in total. The van der Waals surface area contributed by atoms with E-state index in [-0.39, 0.29) is 5.82 Å². The van der Waals surface area contributed by atoms with Gasteiger partial charge in [0.25, 0.3) is 5.89 Å². The van der Waals surface area contributed by atoms with Crippen LogP contribution in [0.25, 0.3) is 22.8 Å². The molecule has 6 heteroatoms. The van der Waals surface area contributed by atoms with Crippen molar-refractivity contribution in [3.63, 3.8) is 0 Å². The van der Waals surface area contributed by atoms with Gasteiger partial charge in [0, 0.05) is 18.3 Å². The van der Waals surface area contributed by atoms with E-state index in [0.29, 0.717) is 35.2 Å². The largest absolute Gasteiger partial charge is 0.365 e. The summed E-state index contributed by atoms with van der Waals surface area (Å²) in [6.45, 7) is 2.68. The zero-order valence-electron chi connectivity index (χ0n) is 14.7. The maximum atomic E-state index is 13.4. The van der Waals surface area contributed by atoms with Crippen LogP contribution in [0.4, 0.5) is 10.2 Å². The Hall–Kier alpha value is -3.54. The SMILES string of the molecule is Cc1ccc(CNc2ncccc2-c2nc(-c3cccc(F)c3)no2)cc1. The highest BCUT2D eigenvalue weighted by Crippen LogP contribution is 2.27. The Balaban J connectivity index is 1.58. The van der Waals surface area contributed by atoms with E-state index in [4.69, 9.17) is 4.52 Å². The van der Waals surface area contributed by atoms with Gasteiger partial charge in [0.1, 0.15) is 11.6 Å². The summed E-state index contributed by atoms with van der Waals surface area (Å²) in [4.78, 5) is 8.78. The van der Waals surface area contributed by atoms with Gasteiger partial charge >= 0.3 is 0 Å². The van der Waals surface area contributed by atoms with E-state index in [1.54, 1.807) is 24.4 Å². The lowest BCUT2D eigenvalue weighted by Crippen LogP contribution is -2.03. The van der Waals surface area contributed by atoms with Gasteiger partial charge in [-0.05, 0) is 36.8 Å². The van der Waals surface area contributed by atoms with Crippen molar-refractivity contribution < 1.29 is 8.91 Å². The van der Waals surface area contributed by atoms with Crippen LogP contribution in [0.3, 0.4) is 0 Å². The van der Waals surface area contributed by atoms with Gasteiger partial charge in [0.2, 0.25) is 5.82 Å². The van der Waals surface area contributed by atoms with Crippen molar-refractivity contribution in [3.05, 3.63) is 83.8 Å². The van der Waals surface area contributed by atoms with E-state index in [1.165, 1.54) is 17.7 Å². The van der Waals surface area contributed by atoms with E-state index >= 15 is 0 Å². The number of benzene rings is 2. The fourth-order valence-corrected chi connectivity index (χ4v) is 2.69. The van der Waals surface area contributed by atoms with Gasteiger partial charge in [-0.15, -0.1) is 0 Å². The molecule has 4 rings (SSSR count). The summed E-state index contributed by atoms with van der Waals surface area (Å²) in [6, 6.07) is 18.0. The average Bonchev–Trinajstić information content (AvgIpc) is 3.18. The molecule has 0 spiro atoms. The molecule has 27 heavy (non-hydrogen) atoms. The molecule has 0 aliphatic rings. The number of anilines is 1. The molecule has 0 amide bonds. The molecule has 2 aromatic carbocycles. The van der Waals surface area contributed by atoms with Gasteiger partial charge < -0.3 is 9.84 Å². The summed E-state index contributed by atoms with van der Waals surface area (Å²) >= 11 is 0. The van der Waals surface area contributed by atoms with E-state index in [0.717, 1.165) is 5.56 Å². The molecule has 4 aromatic rings. The van der Waals surface area contributed by atoms with Crippen LogP contribution in [-0.2, 0) is 6.54 Å². The number of hydrogen-bond acceptors (Lipinski definition) is 5. The molecule has 0 fully saturated rings. The fraction of sp³-hybridized carbons (Fsp3) is 0.0952. The second-order valence-corrected chi connectivity index (χ2v) is 6.17. The first kappa shape index (κ1) is 16.9. The molecular formula is C21H17FN4O. The van der Waals surface area contributed by atoms with Crippen molar-refractivity contribution in [1.29, 1.82) is 0 Å². The van der Waals surface area contributed by atoms with Gasteiger partial charge in [0.05, 0.1) is 5.56 Å². The maximum absolute atomic E-state index is 13.4. The van der Waals surface area contributed by atoms with Crippen LogP contribution >= 0.6 is 0 Å². The summed E-state index contributed by atoms with van der Waals surface area (Å²) < 4.78 is 18.8. The topological polar surface area (TPSA) is 63.8 Å². The summed E-state index contributed by atoms with van der Waals surface area (Å²) in [6.07, 6.45) is 1.70. The van der Waals surface area contributed by atoms with Gasteiger partial charge in [-0.25, -0.2) is 9.37 Å². The lowest BCUT2D eigenvalue weighted by molar-refractivity contribution is 0.432. The highest BCUT2D eigenvalue weighted by molar-refractivity contribution is 5.70. The Morgan fingerprint density at radius 2 is 1.89 bits per heavy atom. The number of aryl methyl sites for hydroxylation is 1. The van der Waals surface area contributed by atoms with Crippen LogP contribution in [0.1, 0.15) is 11.1 Å². The van der Waals surface area contributed by atoms with Crippen LogP contribution in [0.15, 0.2) is 71.4 Å². The zero-order chi connectivity index (χ0) is 18.6. The van der Waals surface area contributed by atoms with Crippen molar-refractivity contribution in [1.82, 2.24) is 15.1 Å². The quantitative estimate of drug-likeness (QED) is 0.551. The molecule has 0 saturated heterocycles. The first-order valence-corrected chi connectivity index (χ1v) is 8.53. The number of pyridine rings is 1. The number of nitrogens with zero attached hydrogens (tertiary/aromatic N) is 3. The number of halogens is 1. The normalized spacial score (nSPS) is 10.7. The lowest BCUT2D eigenvalue weighted by atomic mass is 10.1. The first-order chi connectivity index (χ1) is 13.2. The minimum atomic E-state index is -0.347. The molecule has 0 bridgehead atoms. The molecule has 2 aromatic heterocycles. The highest BCUT2D eigenvalue weighted by Gasteiger charge is 2.15.